The van der Waals surface area contributed by atoms with E-state index in [2.05, 4.69) is 34.9 Å². The van der Waals surface area contributed by atoms with Gasteiger partial charge in [-0.3, -0.25) is 4.79 Å². The number of nitrogens with one attached hydrogen (secondary N) is 2. The molecule has 3 rings (SSSR count). The molecule has 188 valence electrons. The zero-order valence-corrected chi connectivity index (χ0v) is 21.7. The molecule has 0 unspecified atom stereocenters. The normalized spacial score (nSPS) is 14.0. The van der Waals surface area contributed by atoms with Gasteiger partial charge in [-0.2, -0.15) is 11.8 Å². The Morgan fingerprint density at radius 1 is 1.00 bits per heavy atom. The number of alkyl carbamates (subject to hydrolysis) is 1. The lowest BCUT2D eigenvalue weighted by Gasteiger charge is -2.41. The monoisotopic (exact) mass is 498 g/mol. The maximum atomic E-state index is 13.0. The van der Waals surface area contributed by atoms with Gasteiger partial charge < -0.3 is 20.5 Å². The summed E-state index contributed by atoms with van der Waals surface area (Å²) in [5.41, 5.74) is 2.40. The van der Waals surface area contributed by atoms with Crippen molar-refractivity contribution in [2.24, 2.45) is 5.41 Å². The van der Waals surface area contributed by atoms with E-state index in [1.807, 2.05) is 30.5 Å². The lowest BCUT2D eigenvalue weighted by Crippen LogP contribution is -2.61. The van der Waals surface area contributed by atoms with E-state index in [4.69, 9.17) is 4.74 Å². The summed E-state index contributed by atoms with van der Waals surface area (Å²) < 4.78 is 5.64. The van der Waals surface area contributed by atoms with Crippen molar-refractivity contribution < 1.29 is 24.2 Å². The molecule has 0 saturated carbocycles. The van der Waals surface area contributed by atoms with Gasteiger partial charge in [0.1, 0.15) is 12.6 Å². The molecule has 35 heavy (non-hydrogen) atoms. The predicted molar refractivity (Wildman–Crippen MR) is 139 cm³/mol. The van der Waals surface area contributed by atoms with Gasteiger partial charge in [0.2, 0.25) is 5.91 Å². The van der Waals surface area contributed by atoms with Crippen LogP contribution in [0.25, 0.3) is 11.1 Å². The Morgan fingerprint density at radius 2 is 1.54 bits per heavy atom. The first kappa shape index (κ1) is 26.6. The zero-order valence-electron chi connectivity index (χ0n) is 20.9. The van der Waals surface area contributed by atoms with Gasteiger partial charge in [-0.1, -0.05) is 48.5 Å². The third kappa shape index (κ3) is 5.64. The first-order valence-electron chi connectivity index (χ1n) is 11.7. The number of carboxylic acid groups (broad SMARTS) is 1. The SMILES string of the molecule is CSCC[C@@H](NC(=O)C(C)(C)C(C)(C)NC(=O)OCC1c2ccccc2-c2ccccc21)C(=O)O. The summed E-state index contributed by atoms with van der Waals surface area (Å²) >= 11 is 1.52. The van der Waals surface area contributed by atoms with Crippen molar-refractivity contribution in [2.45, 2.75) is 51.6 Å². The predicted octanol–water partition coefficient (Wildman–Crippen LogP) is 4.65. The number of carbonyl (C=O) groups is 3. The summed E-state index contributed by atoms with van der Waals surface area (Å²) in [6, 6.07) is 15.2. The highest BCUT2D eigenvalue weighted by Crippen LogP contribution is 2.44. The Labute approximate surface area is 211 Å². The highest BCUT2D eigenvalue weighted by Gasteiger charge is 2.45. The number of rotatable bonds is 10. The average molecular weight is 499 g/mol. The summed E-state index contributed by atoms with van der Waals surface area (Å²) in [6.07, 6.45) is 1.57. The Balaban J connectivity index is 1.66. The topological polar surface area (TPSA) is 105 Å². The third-order valence-electron chi connectivity index (χ3n) is 7.10. The quantitative estimate of drug-likeness (QED) is 0.440. The minimum Gasteiger partial charge on any atom is -0.480 e. The molecule has 1 aliphatic carbocycles. The van der Waals surface area contributed by atoms with Crippen molar-refractivity contribution in [2.75, 3.05) is 18.6 Å². The number of hydrogen-bond donors (Lipinski definition) is 3. The van der Waals surface area contributed by atoms with E-state index in [1.54, 1.807) is 27.7 Å². The number of carbonyl (C=O) groups excluding carboxylic acids is 2. The Hall–Kier alpha value is -3.00. The summed E-state index contributed by atoms with van der Waals surface area (Å²) in [4.78, 5) is 37.4. The third-order valence-corrected chi connectivity index (χ3v) is 7.75. The molecule has 0 radical (unpaired) electrons. The van der Waals surface area contributed by atoms with Crippen LogP contribution in [-0.4, -0.2) is 53.3 Å². The molecule has 0 fully saturated rings. The van der Waals surface area contributed by atoms with Crippen molar-refractivity contribution >= 4 is 29.7 Å². The number of carboxylic acids is 1. The summed E-state index contributed by atoms with van der Waals surface area (Å²) in [5, 5.41) is 14.9. The van der Waals surface area contributed by atoms with E-state index in [0.717, 1.165) is 22.3 Å². The first-order valence-corrected chi connectivity index (χ1v) is 13.0. The van der Waals surface area contributed by atoms with E-state index in [1.165, 1.54) is 11.8 Å². The smallest absolute Gasteiger partial charge is 0.407 e. The van der Waals surface area contributed by atoms with E-state index < -0.39 is 35.0 Å². The molecule has 0 heterocycles. The molecule has 2 amide bonds. The van der Waals surface area contributed by atoms with Gasteiger partial charge in [0.15, 0.2) is 0 Å². The van der Waals surface area contributed by atoms with Crippen LogP contribution in [0.4, 0.5) is 4.79 Å². The van der Waals surface area contributed by atoms with E-state index in [-0.39, 0.29) is 12.5 Å². The molecule has 1 aliphatic rings. The number of benzene rings is 2. The van der Waals surface area contributed by atoms with Crippen molar-refractivity contribution in [1.82, 2.24) is 10.6 Å². The molecule has 0 aromatic heterocycles. The van der Waals surface area contributed by atoms with Crippen molar-refractivity contribution in [3.05, 3.63) is 59.7 Å². The highest BCUT2D eigenvalue weighted by molar-refractivity contribution is 7.98. The maximum absolute atomic E-state index is 13.0. The van der Waals surface area contributed by atoms with E-state index in [9.17, 15) is 19.5 Å². The Morgan fingerprint density at radius 3 is 2.06 bits per heavy atom. The fourth-order valence-electron chi connectivity index (χ4n) is 4.16. The number of amides is 2. The van der Waals surface area contributed by atoms with Crippen LogP contribution in [-0.2, 0) is 14.3 Å². The van der Waals surface area contributed by atoms with Gasteiger partial charge in [-0.25, -0.2) is 9.59 Å². The minimum absolute atomic E-state index is 0.0691. The molecule has 0 spiro atoms. The lowest BCUT2D eigenvalue weighted by atomic mass is 9.73. The van der Waals surface area contributed by atoms with Crippen LogP contribution in [0.1, 0.15) is 51.2 Å². The molecule has 8 heteroatoms. The van der Waals surface area contributed by atoms with Gasteiger partial charge in [-0.05, 0) is 68.4 Å². The molecule has 0 bridgehead atoms. The van der Waals surface area contributed by atoms with Crippen LogP contribution < -0.4 is 10.6 Å². The minimum atomic E-state index is -1.11. The Kier molecular flexibility index (Phi) is 8.15. The second-order valence-corrected chi connectivity index (χ2v) is 10.8. The van der Waals surface area contributed by atoms with Gasteiger partial charge in [-0.15, -0.1) is 0 Å². The number of fused-ring (bicyclic) bond motifs is 3. The first-order chi connectivity index (χ1) is 16.5. The maximum Gasteiger partial charge on any atom is 0.407 e. The van der Waals surface area contributed by atoms with Crippen LogP contribution in [0.2, 0.25) is 0 Å². The molecule has 3 N–H and O–H groups in total. The second-order valence-electron chi connectivity index (χ2n) is 9.85. The molecule has 1 atom stereocenters. The Bertz CT molecular complexity index is 1050. The number of aliphatic carboxylic acids is 1. The van der Waals surface area contributed by atoms with E-state index in [0.29, 0.717) is 12.2 Å². The fraction of sp³-hybridized carbons (Fsp3) is 0.444. The van der Waals surface area contributed by atoms with Crippen LogP contribution in [0, 0.1) is 5.41 Å². The van der Waals surface area contributed by atoms with Gasteiger partial charge in [0, 0.05) is 5.92 Å². The van der Waals surface area contributed by atoms with Crippen LogP contribution in [0.15, 0.2) is 48.5 Å². The summed E-state index contributed by atoms with van der Waals surface area (Å²) in [6.45, 7) is 6.98. The van der Waals surface area contributed by atoms with Crippen LogP contribution >= 0.6 is 11.8 Å². The van der Waals surface area contributed by atoms with Gasteiger partial charge >= 0.3 is 12.1 Å². The summed E-state index contributed by atoms with van der Waals surface area (Å²) in [5.74, 6) is -0.986. The van der Waals surface area contributed by atoms with Crippen LogP contribution in [0.5, 0.6) is 0 Å². The van der Waals surface area contributed by atoms with E-state index >= 15 is 0 Å². The molecule has 2 aromatic carbocycles. The average Bonchev–Trinajstić information content (AvgIpc) is 3.13. The van der Waals surface area contributed by atoms with Crippen LogP contribution in [0.3, 0.4) is 0 Å². The number of hydrogen-bond acceptors (Lipinski definition) is 5. The van der Waals surface area contributed by atoms with Crippen molar-refractivity contribution in [3.63, 3.8) is 0 Å². The zero-order chi connectivity index (χ0) is 25.8. The fourth-order valence-corrected chi connectivity index (χ4v) is 4.63. The second kappa shape index (κ2) is 10.7. The highest BCUT2D eigenvalue weighted by atomic mass is 32.2. The molecule has 2 aromatic rings. The summed E-state index contributed by atoms with van der Waals surface area (Å²) in [7, 11) is 0. The molecule has 0 saturated heterocycles. The van der Waals surface area contributed by atoms with Crippen molar-refractivity contribution in [3.8, 4) is 11.1 Å². The number of ether oxygens (including phenoxy) is 1. The van der Waals surface area contributed by atoms with Crippen molar-refractivity contribution in [1.29, 1.82) is 0 Å². The van der Waals surface area contributed by atoms with Gasteiger partial charge in [0.25, 0.3) is 0 Å². The van der Waals surface area contributed by atoms with Gasteiger partial charge in [0.05, 0.1) is 11.0 Å². The molecule has 0 aliphatic heterocycles. The molecular formula is C27H34N2O5S. The largest absolute Gasteiger partial charge is 0.480 e. The molecular weight excluding hydrogens is 464 g/mol. The standard InChI is InChI=1S/C27H34N2O5S/c1-26(2,24(32)28-22(23(30)31)14-15-35-5)27(3,4)29-25(33)34-16-21-19-12-8-6-10-17(19)18-11-7-9-13-20(18)21/h6-13,21-22H,14-16H2,1-5H3,(H,28,32)(H,29,33)(H,30,31)/t22-/m1/s1. The molecule has 7 nitrogen and oxygen atoms in total. The number of thioether (sulfide) groups is 1. The lowest BCUT2D eigenvalue weighted by molar-refractivity contribution is -0.144.